The molecule has 0 amide bonds. The predicted molar refractivity (Wildman–Crippen MR) is 202 cm³/mol. The molecule has 0 N–H and O–H groups in total. The van der Waals surface area contributed by atoms with Gasteiger partial charge >= 0.3 is 0 Å². The molecule has 0 fully saturated rings. The molecule has 1 nitrogen and oxygen atoms in total. The van der Waals surface area contributed by atoms with Gasteiger partial charge in [0, 0.05) is 42.6 Å². The molecule has 1 heterocycles. The van der Waals surface area contributed by atoms with Gasteiger partial charge in [0.15, 0.2) is 0 Å². The molecule has 0 atom stereocenters. The summed E-state index contributed by atoms with van der Waals surface area (Å²) in [5.74, 6) is 0. The third kappa shape index (κ3) is 4.60. The average Bonchev–Trinajstić information content (AvgIpc) is 3.61. The highest BCUT2D eigenvalue weighted by molar-refractivity contribution is 7.25. The van der Waals surface area contributed by atoms with Crippen LogP contribution in [-0.4, -0.2) is 0 Å². The van der Waals surface area contributed by atoms with Crippen LogP contribution in [-0.2, 0) is 5.41 Å². The zero-order chi connectivity index (χ0) is 31.5. The number of hydrogen-bond donors (Lipinski definition) is 0. The minimum atomic E-state index is -0.0780. The molecule has 7 aromatic carbocycles. The second-order valence-corrected chi connectivity index (χ2v) is 14.1. The fourth-order valence-corrected chi connectivity index (χ4v) is 8.53. The maximum absolute atomic E-state index is 2.41. The molecule has 0 spiro atoms. The lowest BCUT2D eigenvalue weighted by Gasteiger charge is -2.28. The number of nitrogens with zero attached hydrogens (tertiary/aromatic N) is 1. The van der Waals surface area contributed by atoms with E-state index in [1.165, 1.54) is 64.7 Å². The Kier molecular flexibility index (Phi) is 6.41. The van der Waals surface area contributed by atoms with Crippen LogP contribution in [0.1, 0.15) is 25.0 Å². The second kappa shape index (κ2) is 10.8. The van der Waals surface area contributed by atoms with Gasteiger partial charge in [-0.05, 0) is 99.1 Å². The number of fused-ring (bicyclic) bond motifs is 6. The minimum absolute atomic E-state index is 0.0780. The quantitative estimate of drug-likeness (QED) is 0.185. The van der Waals surface area contributed by atoms with Crippen molar-refractivity contribution in [1.29, 1.82) is 0 Å². The largest absolute Gasteiger partial charge is 0.310 e. The van der Waals surface area contributed by atoms with Gasteiger partial charge in [-0.2, -0.15) is 0 Å². The average molecular weight is 620 g/mol. The van der Waals surface area contributed by atoms with Crippen LogP contribution in [0.4, 0.5) is 17.1 Å². The zero-order valence-electron chi connectivity index (χ0n) is 26.4. The van der Waals surface area contributed by atoms with Crippen molar-refractivity contribution >= 4 is 48.6 Å². The number of anilines is 3. The summed E-state index contributed by atoms with van der Waals surface area (Å²) in [6.07, 6.45) is 0. The standard InChI is InChI=1S/C45H33NS/c1-45(2)41-17-8-6-15-37(41)38-25-24-36(29-42(38)45)46(34-22-19-31(20-23-34)30-11-4-3-5-12-30)35-14-10-13-32(27-35)33-21-26-44-40(28-33)39-16-7-9-18-43(39)47-44/h3-29H,1-2H3. The third-order valence-electron chi connectivity index (χ3n) is 9.87. The molecule has 2 heteroatoms. The highest BCUT2D eigenvalue weighted by atomic mass is 32.1. The summed E-state index contributed by atoms with van der Waals surface area (Å²) in [5.41, 5.74) is 13.7. The monoisotopic (exact) mass is 619 g/mol. The molecular weight excluding hydrogens is 587 g/mol. The van der Waals surface area contributed by atoms with Gasteiger partial charge in [-0.1, -0.05) is 123 Å². The van der Waals surface area contributed by atoms with Crippen LogP contribution in [0.5, 0.6) is 0 Å². The Morgan fingerprint density at radius 3 is 1.89 bits per heavy atom. The normalized spacial score (nSPS) is 13.1. The topological polar surface area (TPSA) is 3.24 Å². The molecular formula is C45H33NS. The van der Waals surface area contributed by atoms with Crippen molar-refractivity contribution in [2.45, 2.75) is 19.3 Å². The lowest BCUT2D eigenvalue weighted by molar-refractivity contribution is 0.660. The van der Waals surface area contributed by atoms with Crippen molar-refractivity contribution in [3.05, 3.63) is 175 Å². The number of hydrogen-bond acceptors (Lipinski definition) is 2. The van der Waals surface area contributed by atoms with E-state index in [2.05, 4.69) is 183 Å². The van der Waals surface area contributed by atoms with E-state index >= 15 is 0 Å². The lowest BCUT2D eigenvalue weighted by Crippen LogP contribution is -2.16. The molecule has 47 heavy (non-hydrogen) atoms. The predicted octanol–water partition coefficient (Wildman–Crippen LogP) is 13.2. The molecule has 0 radical (unpaired) electrons. The molecule has 224 valence electrons. The van der Waals surface area contributed by atoms with Crippen molar-refractivity contribution in [3.8, 4) is 33.4 Å². The van der Waals surface area contributed by atoms with Gasteiger partial charge in [-0.15, -0.1) is 11.3 Å². The Morgan fingerprint density at radius 2 is 1.02 bits per heavy atom. The van der Waals surface area contributed by atoms with Gasteiger partial charge in [0.1, 0.15) is 0 Å². The fraction of sp³-hybridized carbons (Fsp3) is 0.0667. The Balaban J connectivity index is 1.19. The Labute approximate surface area is 280 Å². The SMILES string of the molecule is CC1(C)c2ccccc2-c2ccc(N(c3ccc(-c4ccccc4)cc3)c3cccc(-c4ccc5sc6ccccc6c5c4)c3)cc21. The lowest BCUT2D eigenvalue weighted by atomic mass is 9.82. The molecule has 0 saturated carbocycles. The van der Waals surface area contributed by atoms with Crippen molar-refractivity contribution in [2.24, 2.45) is 0 Å². The molecule has 8 aromatic rings. The van der Waals surface area contributed by atoms with E-state index in [1.54, 1.807) is 0 Å². The van der Waals surface area contributed by atoms with E-state index in [-0.39, 0.29) is 5.41 Å². The van der Waals surface area contributed by atoms with E-state index in [1.807, 2.05) is 11.3 Å². The number of thiophene rings is 1. The molecule has 1 aromatic heterocycles. The first kappa shape index (κ1) is 27.8. The van der Waals surface area contributed by atoms with Crippen LogP contribution in [0.3, 0.4) is 0 Å². The first-order valence-electron chi connectivity index (χ1n) is 16.3. The fourth-order valence-electron chi connectivity index (χ4n) is 7.44. The Hall–Kier alpha value is -5.44. The smallest absolute Gasteiger partial charge is 0.0467 e. The van der Waals surface area contributed by atoms with E-state index < -0.39 is 0 Å². The van der Waals surface area contributed by atoms with Crippen LogP contribution >= 0.6 is 11.3 Å². The van der Waals surface area contributed by atoms with Crippen molar-refractivity contribution in [3.63, 3.8) is 0 Å². The van der Waals surface area contributed by atoms with Gasteiger partial charge in [-0.3, -0.25) is 0 Å². The highest BCUT2D eigenvalue weighted by Crippen LogP contribution is 2.50. The zero-order valence-corrected chi connectivity index (χ0v) is 27.3. The van der Waals surface area contributed by atoms with Gasteiger partial charge in [0.05, 0.1) is 0 Å². The summed E-state index contributed by atoms with van der Waals surface area (Å²) in [4.78, 5) is 2.41. The molecule has 0 aliphatic heterocycles. The Morgan fingerprint density at radius 1 is 0.404 bits per heavy atom. The van der Waals surface area contributed by atoms with Gasteiger partial charge < -0.3 is 4.90 Å². The van der Waals surface area contributed by atoms with Crippen LogP contribution in [0, 0.1) is 0 Å². The van der Waals surface area contributed by atoms with E-state index in [0.717, 1.165) is 17.1 Å². The minimum Gasteiger partial charge on any atom is -0.310 e. The molecule has 0 bridgehead atoms. The maximum atomic E-state index is 2.41. The Bertz CT molecular complexity index is 2430. The van der Waals surface area contributed by atoms with E-state index in [9.17, 15) is 0 Å². The van der Waals surface area contributed by atoms with Gasteiger partial charge in [-0.25, -0.2) is 0 Å². The van der Waals surface area contributed by atoms with E-state index in [4.69, 9.17) is 0 Å². The summed E-state index contributed by atoms with van der Waals surface area (Å²) in [7, 11) is 0. The van der Waals surface area contributed by atoms with Crippen LogP contribution in [0.2, 0.25) is 0 Å². The van der Waals surface area contributed by atoms with Crippen molar-refractivity contribution in [1.82, 2.24) is 0 Å². The summed E-state index contributed by atoms with van der Waals surface area (Å²) in [6, 6.07) is 60.1. The van der Waals surface area contributed by atoms with Crippen LogP contribution < -0.4 is 4.90 Å². The first-order valence-corrected chi connectivity index (χ1v) is 17.1. The van der Waals surface area contributed by atoms with Crippen molar-refractivity contribution in [2.75, 3.05) is 4.90 Å². The first-order chi connectivity index (χ1) is 23.0. The van der Waals surface area contributed by atoms with Gasteiger partial charge in [0.2, 0.25) is 0 Å². The summed E-state index contributed by atoms with van der Waals surface area (Å²) in [5, 5.41) is 2.65. The summed E-state index contributed by atoms with van der Waals surface area (Å²) >= 11 is 1.86. The molecule has 1 aliphatic carbocycles. The molecule has 0 unspecified atom stereocenters. The molecule has 9 rings (SSSR count). The number of benzene rings is 7. The van der Waals surface area contributed by atoms with Crippen LogP contribution in [0.15, 0.2) is 164 Å². The summed E-state index contributed by atoms with van der Waals surface area (Å²) in [6.45, 7) is 4.71. The third-order valence-corrected chi connectivity index (χ3v) is 11.0. The second-order valence-electron chi connectivity index (χ2n) is 13.0. The van der Waals surface area contributed by atoms with Gasteiger partial charge in [0.25, 0.3) is 0 Å². The molecule has 0 saturated heterocycles. The molecule has 1 aliphatic rings. The number of rotatable bonds is 5. The summed E-state index contributed by atoms with van der Waals surface area (Å²) < 4.78 is 2.66. The van der Waals surface area contributed by atoms with E-state index in [0.29, 0.717) is 0 Å². The van der Waals surface area contributed by atoms with Crippen molar-refractivity contribution < 1.29 is 0 Å². The maximum Gasteiger partial charge on any atom is 0.0467 e. The van der Waals surface area contributed by atoms with Crippen LogP contribution in [0.25, 0.3) is 53.6 Å². The highest BCUT2D eigenvalue weighted by Gasteiger charge is 2.35.